The fraction of sp³-hybridized carbons (Fsp3) is 0.414. The molecule has 0 fully saturated rings. The predicted molar refractivity (Wildman–Crippen MR) is 142 cm³/mol. The van der Waals surface area contributed by atoms with E-state index in [4.69, 9.17) is 5.11 Å². The fourth-order valence-corrected chi connectivity index (χ4v) is 4.51. The minimum atomic E-state index is -1.16. The third-order valence-corrected chi connectivity index (χ3v) is 6.47. The largest absolute Gasteiger partial charge is 0.481 e. The molecule has 0 aliphatic rings. The highest BCUT2D eigenvalue weighted by Crippen LogP contribution is 2.29. The van der Waals surface area contributed by atoms with E-state index in [0.29, 0.717) is 36.5 Å². The number of halogens is 1. The van der Waals surface area contributed by atoms with Gasteiger partial charge in [0.15, 0.2) is 5.69 Å². The van der Waals surface area contributed by atoms with Crippen LogP contribution in [0.3, 0.4) is 0 Å². The highest BCUT2D eigenvalue weighted by molar-refractivity contribution is 5.94. The maximum absolute atomic E-state index is 13.7. The van der Waals surface area contributed by atoms with Gasteiger partial charge in [-0.1, -0.05) is 44.2 Å². The molecule has 1 heterocycles. The molecule has 0 bridgehead atoms. The van der Waals surface area contributed by atoms with Crippen LogP contribution in [0.25, 0.3) is 5.69 Å². The summed E-state index contributed by atoms with van der Waals surface area (Å²) in [7, 11) is 1.74. The van der Waals surface area contributed by atoms with Gasteiger partial charge in [0.2, 0.25) is 0 Å². The van der Waals surface area contributed by atoms with E-state index in [1.165, 1.54) is 12.1 Å². The van der Waals surface area contributed by atoms with E-state index in [0.717, 1.165) is 11.1 Å². The van der Waals surface area contributed by atoms with E-state index in [1.807, 2.05) is 44.2 Å². The zero-order valence-corrected chi connectivity index (χ0v) is 22.0. The summed E-state index contributed by atoms with van der Waals surface area (Å²) in [4.78, 5) is 26.1. The van der Waals surface area contributed by atoms with Gasteiger partial charge in [-0.25, -0.2) is 9.07 Å². The van der Waals surface area contributed by atoms with Crippen LogP contribution in [0.15, 0.2) is 54.6 Å². The van der Waals surface area contributed by atoms with Crippen LogP contribution >= 0.6 is 0 Å². The number of rotatable bonds is 13. The molecule has 38 heavy (non-hydrogen) atoms. The number of aliphatic hydroxyl groups is 2. The highest BCUT2D eigenvalue weighted by atomic mass is 19.1. The van der Waals surface area contributed by atoms with Crippen LogP contribution < -0.4 is 0 Å². The number of hydrogen-bond donors (Lipinski definition) is 3. The second-order valence-corrected chi connectivity index (χ2v) is 9.89. The van der Waals surface area contributed by atoms with Crippen LogP contribution in [-0.2, 0) is 17.6 Å². The summed E-state index contributed by atoms with van der Waals surface area (Å²) in [5.74, 6) is -1.84. The minimum Gasteiger partial charge on any atom is -0.481 e. The van der Waals surface area contributed by atoms with Crippen LogP contribution in [0.1, 0.15) is 66.3 Å². The number of amides is 1. The number of likely N-dealkylation sites (N-methyl/N-ethyl adjacent to an activating group) is 1. The van der Waals surface area contributed by atoms with Crippen LogP contribution in [0.5, 0.6) is 0 Å². The molecular formula is C29H36FN3O5. The lowest BCUT2D eigenvalue weighted by molar-refractivity contribution is -0.139. The lowest BCUT2D eigenvalue weighted by Gasteiger charge is -2.18. The Labute approximate surface area is 222 Å². The van der Waals surface area contributed by atoms with Gasteiger partial charge in [-0.2, -0.15) is 5.10 Å². The number of hydrogen-bond acceptors (Lipinski definition) is 5. The Morgan fingerprint density at radius 3 is 2.26 bits per heavy atom. The van der Waals surface area contributed by atoms with Gasteiger partial charge in [0.1, 0.15) is 5.82 Å². The van der Waals surface area contributed by atoms with Crippen molar-refractivity contribution >= 4 is 11.9 Å². The third kappa shape index (κ3) is 7.72. The zero-order valence-electron chi connectivity index (χ0n) is 22.0. The van der Waals surface area contributed by atoms with Crippen LogP contribution in [0, 0.1) is 5.82 Å². The van der Waals surface area contributed by atoms with Crippen molar-refractivity contribution in [2.24, 2.45) is 0 Å². The Kier molecular flexibility index (Phi) is 10.2. The molecule has 0 spiro atoms. The van der Waals surface area contributed by atoms with Gasteiger partial charge >= 0.3 is 5.97 Å². The van der Waals surface area contributed by atoms with Crippen molar-refractivity contribution in [3.63, 3.8) is 0 Å². The summed E-state index contributed by atoms with van der Waals surface area (Å²) in [5, 5.41) is 34.0. The maximum atomic E-state index is 13.7. The standard InChI is InChI=1S/C29H36FN3O5/c1-19(2)27-25(14-13-23(34)17-24(35)18-26(36)37)33(22-11-9-21(30)10-12-22)31-28(27)29(38)32(3)16-15-20-7-5-4-6-8-20/h4-12,19,23-24,34-35H,13-18H2,1-3H3,(H,36,37). The average molecular weight is 526 g/mol. The topological polar surface area (TPSA) is 116 Å². The maximum Gasteiger partial charge on any atom is 0.305 e. The number of carboxylic acid groups (broad SMARTS) is 1. The van der Waals surface area contributed by atoms with Crippen molar-refractivity contribution in [2.75, 3.05) is 13.6 Å². The predicted octanol–water partition coefficient (Wildman–Crippen LogP) is 3.97. The second-order valence-electron chi connectivity index (χ2n) is 9.89. The molecule has 8 nitrogen and oxygen atoms in total. The lowest BCUT2D eigenvalue weighted by atomic mass is 9.95. The zero-order chi connectivity index (χ0) is 27.8. The van der Waals surface area contributed by atoms with Gasteiger partial charge in [-0.15, -0.1) is 0 Å². The third-order valence-electron chi connectivity index (χ3n) is 6.47. The first kappa shape index (κ1) is 29.0. The first-order valence-electron chi connectivity index (χ1n) is 12.8. The molecule has 0 radical (unpaired) electrons. The first-order valence-corrected chi connectivity index (χ1v) is 12.8. The average Bonchev–Trinajstić information content (AvgIpc) is 3.26. The molecule has 0 saturated carbocycles. The SMILES string of the molecule is CC(C)c1c(C(=O)N(C)CCc2ccccc2)nn(-c2ccc(F)cc2)c1CCC(O)CC(O)CC(=O)O. The molecule has 0 saturated heterocycles. The molecule has 2 unspecified atom stereocenters. The number of aliphatic hydroxyl groups excluding tert-OH is 2. The first-order chi connectivity index (χ1) is 18.1. The van der Waals surface area contributed by atoms with Crippen molar-refractivity contribution in [1.82, 2.24) is 14.7 Å². The number of benzene rings is 2. The van der Waals surface area contributed by atoms with Crippen molar-refractivity contribution in [3.05, 3.63) is 82.9 Å². The fourth-order valence-electron chi connectivity index (χ4n) is 4.51. The quantitative estimate of drug-likeness (QED) is 0.311. The molecule has 0 aliphatic heterocycles. The Hall–Kier alpha value is -3.56. The Morgan fingerprint density at radius 1 is 1.00 bits per heavy atom. The number of nitrogens with zero attached hydrogens (tertiary/aromatic N) is 3. The van der Waals surface area contributed by atoms with Gasteiger partial charge in [0, 0.05) is 24.8 Å². The monoisotopic (exact) mass is 525 g/mol. The molecule has 0 aliphatic carbocycles. The van der Waals surface area contributed by atoms with Crippen LogP contribution in [0.4, 0.5) is 4.39 Å². The van der Waals surface area contributed by atoms with E-state index in [2.05, 4.69) is 5.10 Å². The summed E-state index contributed by atoms with van der Waals surface area (Å²) in [6, 6.07) is 15.7. The van der Waals surface area contributed by atoms with Gasteiger partial charge in [-0.05, 0) is 61.4 Å². The Bertz CT molecular complexity index is 1210. The molecule has 1 aromatic heterocycles. The smallest absolute Gasteiger partial charge is 0.305 e. The van der Waals surface area contributed by atoms with E-state index in [-0.39, 0.29) is 24.7 Å². The normalized spacial score (nSPS) is 12.9. The number of carbonyl (C=O) groups excluding carboxylic acids is 1. The van der Waals surface area contributed by atoms with Gasteiger partial charge < -0.3 is 20.2 Å². The van der Waals surface area contributed by atoms with E-state index < -0.39 is 30.4 Å². The summed E-state index contributed by atoms with van der Waals surface area (Å²) < 4.78 is 15.3. The Morgan fingerprint density at radius 2 is 1.66 bits per heavy atom. The van der Waals surface area contributed by atoms with Crippen LogP contribution in [0.2, 0.25) is 0 Å². The number of carboxylic acids is 1. The van der Waals surface area contributed by atoms with E-state index in [1.54, 1.807) is 28.8 Å². The number of aliphatic carboxylic acids is 1. The minimum absolute atomic E-state index is 0.0737. The highest BCUT2D eigenvalue weighted by Gasteiger charge is 2.28. The number of carbonyl (C=O) groups is 2. The molecule has 2 atom stereocenters. The summed E-state index contributed by atoms with van der Waals surface area (Å²) >= 11 is 0. The van der Waals surface area contributed by atoms with Gasteiger partial charge in [-0.3, -0.25) is 9.59 Å². The summed E-state index contributed by atoms with van der Waals surface area (Å²) in [6.07, 6.45) is -1.41. The summed E-state index contributed by atoms with van der Waals surface area (Å²) in [6.45, 7) is 4.42. The van der Waals surface area contributed by atoms with Crippen molar-refractivity contribution in [2.45, 2.75) is 64.1 Å². The molecular weight excluding hydrogens is 489 g/mol. The van der Waals surface area contributed by atoms with Crippen LogP contribution in [-0.4, -0.2) is 67.7 Å². The molecule has 3 rings (SSSR count). The molecule has 1 amide bonds. The van der Waals surface area contributed by atoms with Crippen molar-refractivity contribution in [3.8, 4) is 5.69 Å². The lowest BCUT2D eigenvalue weighted by Crippen LogP contribution is -2.30. The molecule has 2 aromatic carbocycles. The van der Waals surface area contributed by atoms with E-state index >= 15 is 0 Å². The van der Waals surface area contributed by atoms with Crippen molar-refractivity contribution < 1.29 is 29.3 Å². The molecule has 204 valence electrons. The van der Waals surface area contributed by atoms with E-state index in [9.17, 15) is 24.2 Å². The summed E-state index contributed by atoms with van der Waals surface area (Å²) in [5.41, 5.74) is 3.44. The Balaban J connectivity index is 1.90. The number of aromatic nitrogens is 2. The molecule has 3 N–H and O–H groups in total. The molecule has 3 aromatic rings. The van der Waals surface area contributed by atoms with Crippen molar-refractivity contribution in [1.29, 1.82) is 0 Å². The van der Waals surface area contributed by atoms with Gasteiger partial charge in [0.05, 0.1) is 24.3 Å². The molecule has 9 heteroatoms. The second kappa shape index (κ2) is 13.3. The van der Waals surface area contributed by atoms with Gasteiger partial charge in [0.25, 0.3) is 5.91 Å².